The summed E-state index contributed by atoms with van der Waals surface area (Å²) >= 11 is 0. The van der Waals surface area contributed by atoms with Gasteiger partial charge in [0.05, 0.1) is 30.4 Å². The van der Waals surface area contributed by atoms with Crippen molar-refractivity contribution in [2.24, 2.45) is 5.10 Å². The third kappa shape index (κ3) is 3.84. The molecule has 1 aromatic heterocycles. The molecular formula is C19H18N2O6S. The number of nitrogens with one attached hydrogen (secondary N) is 1. The van der Waals surface area contributed by atoms with Gasteiger partial charge in [-0.3, -0.25) is 0 Å². The Morgan fingerprint density at radius 3 is 2.43 bits per heavy atom. The first-order valence-electron chi connectivity index (χ1n) is 8.17. The molecule has 146 valence electrons. The van der Waals surface area contributed by atoms with Gasteiger partial charge < -0.3 is 13.9 Å². The first-order chi connectivity index (χ1) is 13.4. The summed E-state index contributed by atoms with van der Waals surface area (Å²) in [5.74, 6) is 0.957. The van der Waals surface area contributed by atoms with Crippen molar-refractivity contribution in [1.82, 2.24) is 4.83 Å². The number of hydrogen-bond acceptors (Lipinski definition) is 7. The minimum absolute atomic E-state index is 0.0140. The quantitative estimate of drug-likeness (QED) is 0.386. The van der Waals surface area contributed by atoms with Crippen LogP contribution in [0.4, 0.5) is 0 Å². The van der Waals surface area contributed by atoms with Gasteiger partial charge in [0.2, 0.25) is 0 Å². The van der Waals surface area contributed by atoms with E-state index in [4.69, 9.17) is 13.9 Å². The van der Waals surface area contributed by atoms with E-state index < -0.39 is 15.6 Å². The van der Waals surface area contributed by atoms with Crippen LogP contribution >= 0.6 is 0 Å². The highest BCUT2D eigenvalue weighted by atomic mass is 32.2. The molecule has 3 aromatic rings. The van der Waals surface area contributed by atoms with Gasteiger partial charge in [0, 0.05) is 5.39 Å². The third-order valence-corrected chi connectivity index (χ3v) is 5.26. The highest BCUT2D eigenvalue weighted by Crippen LogP contribution is 2.24. The molecule has 0 radical (unpaired) electrons. The van der Waals surface area contributed by atoms with E-state index in [-0.39, 0.29) is 16.2 Å². The molecule has 1 N–H and O–H groups in total. The van der Waals surface area contributed by atoms with E-state index in [1.54, 1.807) is 24.3 Å². The summed E-state index contributed by atoms with van der Waals surface area (Å²) in [6, 6.07) is 12.6. The molecule has 0 saturated carbocycles. The van der Waals surface area contributed by atoms with Crippen LogP contribution in [0.1, 0.15) is 12.5 Å². The summed E-state index contributed by atoms with van der Waals surface area (Å²) in [4.78, 5) is 14.5. The average Bonchev–Trinajstić information content (AvgIpc) is 2.71. The lowest BCUT2D eigenvalue weighted by Gasteiger charge is -2.07. The van der Waals surface area contributed by atoms with E-state index in [1.165, 1.54) is 45.4 Å². The van der Waals surface area contributed by atoms with Gasteiger partial charge in [0.1, 0.15) is 5.75 Å². The van der Waals surface area contributed by atoms with Gasteiger partial charge >= 0.3 is 5.63 Å². The first-order valence-corrected chi connectivity index (χ1v) is 9.65. The SMILES string of the molecule is COc1ccc(S(=O)(=O)N/N=C(\C)c2cc3cccc(OC)c3oc2=O)cc1. The van der Waals surface area contributed by atoms with Crippen molar-refractivity contribution in [2.75, 3.05) is 14.2 Å². The zero-order chi connectivity index (χ0) is 20.3. The minimum Gasteiger partial charge on any atom is -0.497 e. The summed E-state index contributed by atoms with van der Waals surface area (Å²) in [5, 5.41) is 4.48. The molecule has 0 bridgehead atoms. The lowest BCUT2D eigenvalue weighted by molar-refractivity contribution is 0.406. The fourth-order valence-electron chi connectivity index (χ4n) is 2.53. The first kappa shape index (κ1) is 19.4. The number of sulfonamides is 1. The Bertz CT molecular complexity index is 1200. The Morgan fingerprint density at radius 1 is 1.07 bits per heavy atom. The van der Waals surface area contributed by atoms with E-state index >= 15 is 0 Å². The number of ether oxygens (including phenoxy) is 2. The fraction of sp³-hybridized carbons (Fsp3) is 0.158. The van der Waals surface area contributed by atoms with Crippen LogP contribution in [0.3, 0.4) is 0 Å². The molecule has 0 unspecified atom stereocenters. The molecule has 0 aliphatic rings. The van der Waals surface area contributed by atoms with Crippen molar-refractivity contribution >= 4 is 26.7 Å². The molecule has 9 heteroatoms. The summed E-state index contributed by atoms with van der Waals surface area (Å²) in [5.41, 5.74) is -0.0407. The number of methoxy groups -OCH3 is 2. The Balaban J connectivity index is 1.92. The average molecular weight is 402 g/mol. The van der Waals surface area contributed by atoms with E-state index in [2.05, 4.69) is 9.93 Å². The third-order valence-electron chi connectivity index (χ3n) is 4.04. The van der Waals surface area contributed by atoms with Crippen LogP contribution in [0.2, 0.25) is 0 Å². The summed E-state index contributed by atoms with van der Waals surface area (Å²) in [6.07, 6.45) is 0. The Morgan fingerprint density at radius 2 is 1.79 bits per heavy atom. The van der Waals surface area contributed by atoms with Gasteiger partial charge in [-0.15, -0.1) is 0 Å². The molecule has 0 aliphatic heterocycles. The number of benzene rings is 2. The smallest absolute Gasteiger partial charge is 0.345 e. The highest BCUT2D eigenvalue weighted by molar-refractivity contribution is 7.89. The summed E-state index contributed by atoms with van der Waals surface area (Å²) in [6.45, 7) is 1.51. The summed E-state index contributed by atoms with van der Waals surface area (Å²) < 4.78 is 40.3. The molecule has 8 nitrogen and oxygen atoms in total. The standard InChI is InChI=1S/C19H18N2O6S/c1-12(20-21-28(23,24)15-9-7-14(25-2)8-10-15)16-11-13-5-4-6-17(26-3)18(13)27-19(16)22/h4-11,21H,1-3H3/b20-12+. The highest BCUT2D eigenvalue weighted by Gasteiger charge is 2.15. The fourth-order valence-corrected chi connectivity index (χ4v) is 3.38. The number of hydrazone groups is 1. The van der Waals surface area contributed by atoms with Gasteiger partial charge in [-0.1, -0.05) is 12.1 Å². The predicted molar refractivity (Wildman–Crippen MR) is 105 cm³/mol. The van der Waals surface area contributed by atoms with E-state index in [0.29, 0.717) is 22.5 Å². The molecule has 0 aliphatic carbocycles. The van der Waals surface area contributed by atoms with Gasteiger partial charge in [0.15, 0.2) is 11.3 Å². The van der Waals surface area contributed by atoms with Crippen LogP contribution in [-0.4, -0.2) is 28.3 Å². The Hall–Kier alpha value is -3.33. The van der Waals surface area contributed by atoms with Gasteiger partial charge in [0.25, 0.3) is 10.0 Å². The molecule has 0 saturated heterocycles. The maximum absolute atomic E-state index is 12.4. The Labute approximate surface area is 161 Å². The van der Waals surface area contributed by atoms with Crippen LogP contribution in [-0.2, 0) is 10.0 Å². The number of hydrogen-bond donors (Lipinski definition) is 1. The number of rotatable bonds is 6. The normalized spacial score (nSPS) is 12.0. The maximum atomic E-state index is 12.4. The zero-order valence-corrected chi connectivity index (χ0v) is 16.2. The monoisotopic (exact) mass is 402 g/mol. The van der Waals surface area contributed by atoms with Crippen molar-refractivity contribution in [2.45, 2.75) is 11.8 Å². The van der Waals surface area contributed by atoms with E-state index in [0.717, 1.165) is 0 Å². The van der Waals surface area contributed by atoms with Crippen LogP contribution < -0.4 is 19.9 Å². The maximum Gasteiger partial charge on any atom is 0.345 e. The van der Waals surface area contributed by atoms with Crippen molar-refractivity contribution in [3.63, 3.8) is 0 Å². The van der Waals surface area contributed by atoms with Gasteiger partial charge in [-0.2, -0.15) is 18.4 Å². The van der Waals surface area contributed by atoms with Crippen LogP contribution in [0.25, 0.3) is 11.0 Å². The van der Waals surface area contributed by atoms with Crippen molar-refractivity contribution < 1.29 is 22.3 Å². The number of fused-ring (bicyclic) bond motifs is 1. The molecule has 0 fully saturated rings. The van der Waals surface area contributed by atoms with Crippen molar-refractivity contribution in [3.05, 3.63) is 64.5 Å². The van der Waals surface area contributed by atoms with E-state index in [9.17, 15) is 13.2 Å². The van der Waals surface area contributed by atoms with Crippen molar-refractivity contribution in [1.29, 1.82) is 0 Å². The molecule has 3 rings (SSSR count). The minimum atomic E-state index is -3.90. The molecule has 0 atom stereocenters. The molecule has 0 amide bonds. The van der Waals surface area contributed by atoms with Crippen molar-refractivity contribution in [3.8, 4) is 11.5 Å². The summed E-state index contributed by atoms with van der Waals surface area (Å²) in [7, 11) is -0.938. The lowest BCUT2D eigenvalue weighted by atomic mass is 10.1. The topological polar surface area (TPSA) is 107 Å². The van der Waals surface area contributed by atoms with Gasteiger partial charge in [-0.05, 0) is 43.3 Å². The number of para-hydroxylation sites is 1. The second-order valence-corrected chi connectivity index (χ2v) is 7.45. The van der Waals surface area contributed by atoms with Crippen LogP contribution in [0.5, 0.6) is 11.5 Å². The Kier molecular flexibility index (Phi) is 5.36. The van der Waals surface area contributed by atoms with Gasteiger partial charge in [-0.25, -0.2) is 4.79 Å². The molecule has 2 aromatic carbocycles. The van der Waals surface area contributed by atoms with Crippen LogP contribution in [0, 0.1) is 0 Å². The molecule has 28 heavy (non-hydrogen) atoms. The molecule has 1 heterocycles. The second kappa shape index (κ2) is 7.73. The predicted octanol–water partition coefficient (Wildman–Crippen LogP) is 2.51. The lowest BCUT2D eigenvalue weighted by Crippen LogP contribution is -2.21. The second-order valence-electron chi connectivity index (χ2n) is 5.79. The largest absolute Gasteiger partial charge is 0.497 e. The number of nitrogens with zero attached hydrogens (tertiary/aromatic N) is 1. The molecular weight excluding hydrogens is 384 g/mol. The molecule has 0 spiro atoms. The van der Waals surface area contributed by atoms with Crippen LogP contribution in [0.15, 0.2) is 67.7 Å². The van der Waals surface area contributed by atoms with E-state index in [1.807, 2.05) is 0 Å². The zero-order valence-electron chi connectivity index (χ0n) is 15.4.